The first kappa shape index (κ1) is 10.7. The molecular formula is C10H13NO3. The van der Waals surface area contributed by atoms with Crippen LogP contribution in [-0.2, 0) is 9.59 Å². The Hall–Kier alpha value is -1.42. The van der Waals surface area contributed by atoms with E-state index >= 15 is 0 Å². The molecule has 0 heterocycles. The zero-order valence-corrected chi connectivity index (χ0v) is 8.20. The van der Waals surface area contributed by atoms with E-state index in [4.69, 9.17) is 5.73 Å². The van der Waals surface area contributed by atoms with Crippen LogP contribution in [0.3, 0.4) is 0 Å². The Kier molecular flexibility index (Phi) is 2.57. The van der Waals surface area contributed by atoms with Gasteiger partial charge < -0.3 is 10.8 Å². The molecule has 14 heavy (non-hydrogen) atoms. The lowest BCUT2D eigenvalue weighted by molar-refractivity contribution is -0.146. The largest absolute Gasteiger partial charge is 0.373 e. The molecule has 0 fully saturated rings. The number of carbonyl (C=O) groups is 2. The summed E-state index contributed by atoms with van der Waals surface area (Å²) in [4.78, 5) is 22.5. The van der Waals surface area contributed by atoms with E-state index < -0.39 is 17.3 Å². The van der Waals surface area contributed by atoms with Crippen molar-refractivity contribution in [3.05, 3.63) is 23.3 Å². The van der Waals surface area contributed by atoms with Gasteiger partial charge in [-0.3, -0.25) is 9.59 Å². The van der Waals surface area contributed by atoms with Crippen LogP contribution in [0.1, 0.15) is 20.3 Å². The van der Waals surface area contributed by atoms with Crippen molar-refractivity contribution < 1.29 is 14.7 Å². The maximum atomic E-state index is 11.6. The van der Waals surface area contributed by atoms with E-state index in [2.05, 4.69) is 0 Å². The third-order valence-corrected chi connectivity index (χ3v) is 2.34. The summed E-state index contributed by atoms with van der Waals surface area (Å²) in [5.41, 5.74) is 4.03. The second-order valence-electron chi connectivity index (χ2n) is 3.42. The van der Waals surface area contributed by atoms with E-state index in [1.807, 2.05) is 0 Å². The lowest BCUT2D eigenvalue weighted by atomic mass is 9.97. The average Bonchev–Trinajstić information content (AvgIpc) is 2.31. The number of allylic oxidation sites excluding steroid dienone is 2. The van der Waals surface area contributed by atoms with Crippen LogP contribution in [0, 0.1) is 0 Å². The topological polar surface area (TPSA) is 80.4 Å². The summed E-state index contributed by atoms with van der Waals surface area (Å²) in [6.45, 7) is 3.46. The molecule has 1 unspecified atom stereocenters. The Morgan fingerprint density at radius 3 is 2.57 bits per heavy atom. The van der Waals surface area contributed by atoms with Crippen molar-refractivity contribution in [3.8, 4) is 0 Å². The van der Waals surface area contributed by atoms with Gasteiger partial charge in [0.1, 0.15) is 0 Å². The Bertz CT molecular complexity index is 354. The van der Waals surface area contributed by atoms with Crippen molar-refractivity contribution >= 4 is 11.7 Å². The highest BCUT2D eigenvalue weighted by molar-refractivity contribution is 6.19. The van der Waals surface area contributed by atoms with Crippen LogP contribution < -0.4 is 5.73 Å². The van der Waals surface area contributed by atoms with Gasteiger partial charge in [0.15, 0.2) is 0 Å². The number of aliphatic hydroxyl groups is 1. The number of Topliss-reactive ketones (excluding diaryl/α,β-unsaturated/α-hetero) is 1. The number of rotatable bonds is 2. The van der Waals surface area contributed by atoms with E-state index in [1.54, 1.807) is 26.0 Å². The van der Waals surface area contributed by atoms with E-state index in [0.717, 1.165) is 0 Å². The number of primary amides is 1. The maximum absolute atomic E-state index is 11.6. The number of amides is 1. The predicted octanol–water partition coefficient (Wildman–Crippen LogP) is 0.0682. The number of hydrogen-bond acceptors (Lipinski definition) is 3. The molecule has 0 aromatic carbocycles. The smallest absolute Gasteiger partial charge is 0.257 e. The molecule has 1 aliphatic carbocycles. The molecule has 0 saturated carbocycles. The highest BCUT2D eigenvalue weighted by Gasteiger charge is 2.48. The van der Waals surface area contributed by atoms with Gasteiger partial charge in [0.05, 0.1) is 0 Å². The third-order valence-electron chi connectivity index (χ3n) is 2.34. The number of carbonyl (C=O) groups excluding carboxylic acids is 2. The van der Waals surface area contributed by atoms with E-state index in [1.165, 1.54) is 0 Å². The van der Waals surface area contributed by atoms with Crippen LogP contribution >= 0.6 is 0 Å². The quantitative estimate of drug-likeness (QED) is 0.612. The molecule has 0 aromatic heterocycles. The van der Waals surface area contributed by atoms with Crippen LogP contribution in [0.15, 0.2) is 23.3 Å². The summed E-state index contributed by atoms with van der Waals surface area (Å²) in [5, 5.41) is 9.70. The predicted molar refractivity (Wildman–Crippen MR) is 51.3 cm³/mol. The highest BCUT2D eigenvalue weighted by Crippen LogP contribution is 2.32. The van der Waals surface area contributed by atoms with Gasteiger partial charge in [-0.2, -0.15) is 0 Å². The summed E-state index contributed by atoms with van der Waals surface area (Å²) in [6, 6.07) is 0. The molecule has 76 valence electrons. The molecule has 0 saturated heterocycles. The van der Waals surface area contributed by atoms with Crippen molar-refractivity contribution in [2.75, 3.05) is 0 Å². The third kappa shape index (κ3) is 1.37. The van der Waals surface area contributed by atoms with Crippen molar-refractivity contribution in [2.24, 2.45) is 5.73 Å². The molecule has 0 aromatic rings. The maximum Gasteiger partial charge on any atom is 0.257 e. The standard InChI is InChI=1S/C10H13NO3/c1-3-4-7-6(2)5-10(14,8(7)12)9(11)13/h3-4,14H,5H2,1-2H3,(H2,11,13)/b4-3+. The number of hydrogen-bond donors (Lipinski definition) is 2. The molecule has 0 bridgehead atoms. The molecule has 3 N–H and O–H groups in total. The molecule has 0 spiro atoms. The monoisotopic (exact) mass is 195 g/mol. The van der Waals surface area contributed by atoms with Crippen LogP contribution in [-0.4, -0.2) is 22.4 Å². The summed E-state index contributed by atoms with van der Waals surface area (Å²) in [7, 11) is 0. The normalized spacial score (nSPS) is 27.8. The summed E-state index contributed by atoms with van der Waals surface area (Å²) < 4.78 is 0. The number of nitrogens with two attached hydrogens (primary N) is 1. The highest BCUT2D eigenvalue weighted by atomic mass is 16.3. The van der Waals surface area contributed by atoms with Crippen LogP contribution in [0.5, 0.6) is 0 Å². The molecule has 1 aliphatic rings. The molecule has 1 amide bonds. The minimum atomic E-state index is -2.03. The van der Waals surface area contributed by atoms with Gasteiger partial charge in [-0.05, 0) is 13.8 Å². The average molecular weight is 195 g/mol. The molecule has 4 heteroatoms. The van der Waals surface area contributed by atoms with Crippen LogP contribution in [0.2, 0.25) is 0 Å². The fraction of sp³-hybridized carbons (Fsp3) is 0.400. The Labute approximate surface area is 82.1 Å². The first-order valence-corrected chi connectivity index (χ1v) is 4.33. The Morgan fingerprint density at radius 1 is 1.64 bits per heavy atom. The van der Waals surface area contributed by atoms with E-state index in [0.29, 0.717) is 11.1 Å². The Morgan fingerprint density at radius 2 is 2.21 bits per heavy atom. The van der Waals surface area contributed by atoms with Crippen molar-refractivity contribution in [2.45, 2.75) is 25.9 Å². The molecule has 4 nitrogen and oxygen atoms in total. The fourth-order valence-corrected chi connectivity index (χ4v) is 1.56. The first-order chi connectivity index (χ1) is 6.43. The van der Waals surface area contributed by atoms with Crippen LogP contribution in [0.4, 0.5) is 0 Å². The van der Waals surface area contributed by atoms with Gasteiger partial charge in [-0.1, -0.05) is 17.7 Å². The Balaban J connectivity index is 3.11. The summed E-state index contributed by atoms with van der Waals surface area (Å²) in [5.74, 6) is -1.58. The molecule has 1 atom stereocenters. The van der Waals surface area contributed by atoms with Gasteiger partial charge in [0.2, 0.25) is 11.4 Å². The second kappa shape index (κ2) is 3.38. The lowest BCUT2D eigenvalue weighted by Gasteiger charge is -2.16. The molecule has 0 aliphatic heterocycles. The zero-order valence-electron chi connectivity index (χ0n) is 8.20. The fourth-order valence-electron chi connectivity index (χ4n) is 1.56. The van der Waals surface area contributed by atoms with Crippen molar-refractivity contribution in [3.63, 3.8) is 0 Å². The van der Waals surface area contributed by atoms with Gasteiger partial charge in [0, 0.05) is 12.0 Å². The zero-order chi connectivity index (χ0) is 10.9. The minimum absolute atomic E-state index is 0.000833. The molecule has 0 radical (unpaired) electrons. The lowest BCUT2D eigenvalue weighted by Crippen LogP contribution is -2.48. The summed E-state index contributed by atoms with van der Waals surface area (Å²) >= 11 is 0. The van der Waals surface area contributed by atoms with Crippen molar-refractivity contribution in [1.29, 1.82) is 0 Å². The van der Waals surface area contributed by atoms with E-state index in [-0.39, 0.29) is 6.42 Å². The first-order valence-electron chi connectivity index (χ1n) is 4.33. The van der Waals surface area contributed by atoms with Gasteiger partial charge in [0.25, 0.3) is 5.91 Å². The number of ketones is 1. The van der Waals surface area contributed by atoms with Gasteiger partial charge >= 0.3 is 0 Å². The minimum Gasteiger partial charge on any atom is -0.373 e. The molecule has 1 rings (SSSR count). The SMILES string of the molecule is C/C=C/C1=C(C)CC(O)(C(N)=O)C1=O. The van der Waals surface area contributed by atoms with E-state index in [9.17, 15) is 14.7 Å². The summed E-state index contributed by atoms with van der Waals surface area (Å²) in [6.07, 6.45) is 3.27. The van der Waals surface area contributed by atoms with Gasteiger partial charge in [-0.15, -0.1) is 0 Å². The second-order valence-corrected chi connectivity index (χ2v) is 3.42. The molecular weight excluding hydrogens is 182 g/mol. The van der Waals surface area contributed by atoms with Crippen molar-refractivity contribution in [1.82, 2.24) is 0 Å². The van der Waals surface area contributed by atoms with Gasteiger partial charge in [-0.25, -0.2) is 0 Å². The van der Waals surface area contributed by atoms with Crippen LogP contribution in [0.25, 0.3) is 0 Å².